The van der Waals surface area contributed by atoms with Crippen LogP contribution in [0.15, 0.2) is 42.5 Å². The molecule has 2 aromatic carbocycles. The summed E-state index contributed by atoms with van der Waals surface area (Å²) in [5, 5.41) is 9.31. The molecule has 5 nitrogen and oxygen atoms in total. The van der Waals surface area contributed by atoms with Crippen LogP contribution in [-0.4, -0.2) is 25.8 Å². The van der Waals surface area contributed by atoms with Crippen molar-refractivity contribution in [3.8, 4) is 17.6 Å². The molecule has 0 aliphatic rings. The van der Waals surface area contributed by atoms with E-state index in [1.807, 2.05) is 0 Å². The highest BCUT2D eigenvalue weighted by molar-refractivity contribution is 6.32. The molecule has 0 radical (unpaired) electrons. The molecule has 9 heteroatoms. The Balaban J connectivity index is 2.19. The zero-order valence-electron chi connectivity index (χ0n) is 13.9. The van der Waals surface area contributed by atoms with Gasteiger partial charge in [0.15, 0.2) is 0 Å². The Morgan fingerprint density at radius 1 is 1.22 bits per heavy atom. The smallest absolute Gasteiger partial charge is 0.416 e. The number of benzene rings is 2. The normalized spacial score (nSPS) is 12.0. The molecule has 1 atom stereocenters. The highest BCUT2D eigenvalue weighted by atomic mass is 35.5. The van der Waals surface area contributed by atoms with Gasteiger partial charge in [0.05, 0.1) is 23.3 Å². The van der Waals surface area contributed by atoms with Gasteiger partial charge in [0.1, 0.15) is 24.2 Å². The van der Waals surface area contributed by atoms with Crippen LogP contribution in [0.25, 0.3) is 0 Å². The van der Waals surface area contributed by atoms with Crippen molar-refractivity contribution in [1.29, 1.82) is 5.26 Å². The molecule has 0 bridgehead atoms. The predicted octanol–water partition coefficient (Wildman–Crippen LogP) is 4.23. The second-order valence-electron chi connectivity index (χ2n) is 5.19. The molecule has 0 spiro atoms. The van der Waals surface area contributed by atoms with Crippen LogP contribution in [0.2, 0.25) is 5.02 Å². The number of para-hydroxylation sites is 1. The number of carbonyl (C=O) groups is 1. The van der Waals surface area contributed by atoms with Gasteiger partial charge in [-0.05, 0) is 30.3 Å². The van der Waals surface area contributed by atoms with Crippen LogP contribution < -0.4 is 9.47 Å². The standard InChI is InChI=1S/C18H13ClF3NO4/c1-25-17(24)16(27-15-5-3-2-4-13(15)19)10-26-14-7-6-12(18(20,21)22)8-11(14)9-23/h2-8,16H,10H2,1H3. The second kappa shape index (κ2) is 8.64. The average Bonchev–Trinajstić information content (AvgIpc) is 2.65. The summed E-state index contributed by atoms with van der Waals surface area (Å²) in [5.41, 5.74) is -1.31. The van der Waals surface area contributed by atoms with Crippen molar-refractivity contribution in [3.63, 3.8) is 0 Å². The minimum atomic E-state index is -4.59. The average molecular weight is 400 g/mol. The van der Waals surface area contributed by atoms with Gasteiger partial charge in [0, 0.05) is 0 Å². The van der Waals surface area contributed by atoms with Crippen LogP contribution in [0.1, 0.15) is 11.1 Å². The fourth-order valence-electron chi connectivity index (χ4n) is 2.06. The Hall–Kier alpha value is -2.92. The third-order valence-corrected chi connectivity index (χ3v) is 3.70. The van der Waals surface area contributed by atoms with Crippen molar-refractivity contribution in [2.75, 3.05) is 13.7 Å². The Kier molecular flexibility index (Phi) is 6.53. The molecule has 0 aliphatic heterocycles. The van der Waals surface area contributed by atoms with Crippen LogP contribution in [0.3, 0.4) is 0 Å². The van der Waals surface area contributed by atoms with E-state index in [-0.39, 0.29) is 22.1 Å². The molecular formula is C18H13ClF3NO4. The maximum Gasteiger partial charge on any atom is 0.416 e. The summed E-state index contributed by atoms with van der Waals surface area (Å²) in [7, 11) is 1.14. The molecule has 0 saturated heterocycles. The summed E-state index contributed by atoms with van der Waals surface area (Å²) in [4.78, 5) is 11.9. The predicted molar refractivity (Wildman–Crippen MR) is 89.5 cm³/mol. The Morgan fingerprint density at radius 3 is 2.52 bits per heavy atom. The first-order valence-corrected chi connectivity index (χ1v) is 7.87. The van der Waals surface area contributed by atoms with E-state index >= 15 is 0 Å². The van der Waals surface area contributed by atoms with Gasteiger partial charge in [0.25, 0.3) is 0 Å². The Bertz CT molecular complexity index is 864. The number of rotatable bonds is 6. The molecule has 2 aromatic rings. The van der Waals surface area contributed by atoms with Crippen LogP contribution in [-0.2, 0) is 15.7 Å². The van der Waals surface area contributed by atoms with Crippen molar-refractivity contribution < 1.29 is 32.2 Å². The molecule has 142 valence electrons. The molecule has 0 amide bonds. The summed E-state index contributed by atoms with van der Waals surface area (Å²) in [6.45, 7) is -0.405. The number of ether oxygens (including phenoxy) is 3. The van der Waals surface area contributed by atoms with E-state index in [1.165, 1.54) is 6.07 Å². The zero-order chi connectivity index (χ0) is 20.0. The van der Waals surface area contributed by atoms with Crippen LogP contribution >= 0.6 is 11.6 Å². The van der Waals surface area contributed by atoms with Crippen molar-refractivity contribution in [1.82, 2.24) is 0 Å². The van der Waals surface area contributed by atoms with Gasteiger partial charge in [-0.1, -0.05) is 23.7 Å². The van der Waals surface area contributed by atoms with E-state index in [0.717, 1.165) is 19.2 Å². The first-order chi connectivity index (χ1) is 12.8. The number of methoxy groups -OCH3 is 1. The van der Waals surface area contributed by atoms with E-state index in [0.29, 0.717) is 6.07 Å². The van der Waals surface area contributed by atoms with E-state index < -0.39 is 30.4 Å². The van der Waals surface area contributed by atoms with Gasteiger partial charge >= 0.3 is 12.1 Å². The van der Waals surface area contributed by atoms with E-state index in [2.05, 4.69) is 4.74 Å². The Morgan fingerprint density at radius 2 is 1.93 bits per heavy atom. The number of hydrogen-bond acceptors (Lipinski definition) is 5. The molecule has 0 saturated carbocycles. The van der Waals surface area contributed by atoms with Crippen molar-refractivity contribution in [3.05, 3.63) is 58.6 Å². The lowest BCUT2D eigenvalue weighted by atomic mass is 10.1. The van der Waals surface area contributed by atoms with Crippen molar-refractivity contribution in [2.24, 2.45) is 0 Å². The molecule has 2 rings (SSSR count). The van der Waals surface area contributed by atoms with Gasteiger partial charge in [0.2, 0.25) is 6.10 Å². The fraction of sp³-hybridized carbons (Fsp3) is 0.222. The summed E-state index contributed by atoms with van der Waals surface area (Å²) < 4.78 is 53.7. The number of alkyl halides is 3. The molecule has 0 aromatic heterocycles. The van der Waals surface area contributed by atoms with E-state index in [4.69, 9.17) is 26.3 Å². The van der Waals surface area contributed by atoms with E-state index in [1.54, 1.807) is 24.3 Å². The highest BCUT2D eigenvalue weighted by Crippen LogP contribution is 2.32. The lowest BCUT2D eigenvalue weighted by Crippen LogP contribution is -2.34. The summed E-state index contributed by atoms with van der Waals surface area (Å²) in [6, 6.07) is 10.5. The monoisotopic (exact) mass is 399 g/mol. The minimum absolute atomic E-state index is 0.123. The van der Waals surface area contributed by atoms with Crippen molar-refractivity contribution in [2.45, 2.75) is 12.3 Å². The van der Waals surface area contributed by atoms with Crippen molar-refractivity contribution >= 4 is 17.6 Å². The highest BCUT2D eigenvalue weighted by Gasteiger charge is 2.31. The molecule has 27 heavy (non-hydrogen) atoms. The quantitative estimate of drug-likeness (QED) is 0.680. The summed E-state index contributed by atoms with van der Waals surface area (Å²) in [5.74, 6) is -0.700. The van der Waals surface area contributed by atoms with Gasteiger partial charge in [-0.15, -0.1) is 0 Å². The largest absolute Gasteiger partial charge is 0.488 e. The SMILES string of the molecule is COC(=O)C(COc1ccc(C(F)(F)F)cc1C#N)Oc1ccccc1Cl. The molecule has 0 heterocycles. The lowest BCUT2D eigenvalue weighted by molar-refractivity contribution is -0.150. The summed E-state index contributed by atoms with van der Waals surface area (Å²) >= 11 is 5.97. The molecular weight excluding hydrogens is 387 g/mol. The van der Waals surface area contributed by atoms with Gasteiger partial charge in [-0.2, -0.15) is 18.4 Å². The third kappa shape index (κ3) is 5.28. The van der Waals surface area contributed by atoms with Crippen LogP contribution in [0.5, 0.6) is 11.5 Å². The summed E-state index contributed by atoms with van der Waals surface area (Å²) in [6.07, 6.45) is -5.84. The second-order valence-corrected chi connectivity index (χ2v) is 5.60. The van der Waals surface area contributed by atoms with E-state index in [9.17, 15) is 18.0 Å². The third-order valence-electron chi connectivity index (χ3n) is 3.39. The molecule has 0 N–H and O–H groups in total. The Labute approximate surface area is 157 Å². The maximum absolute atomic E-state index is 12.7. The van der Waals surface area contributed by atoms with Crippen LogP contribution in [0.4, 0.5) is 13.2 Å². The fourth-order valence-corrected chi connectivity index (χ4v) is 2.24. The number of nitriles is 1. The van der Waals surface area contributed by atoms with Gasteiger partial charge < -0.3 is 14.2 Å². The maximum atomic E-state index is 12.7. The first kappa shape index (κ1) is 20.4. The molecule has 1 unspecified atom stereocenters. The number of hydrogen-bond donors (Lipinski definition) is 0. The number of carbonyl (C=O) groups excluding carboxylic acids is 1. The lowest BCUT2D eigenvalue weighted by Gasteiger charge is -2.19. The molecule has 0 fully saturated rings. The topological polar surface area (TPSA) is 68.5 Å². The number of halogens is 4. The molecule has 0 aliphatic carbocycles. The number of nitrogens with zero attached hydrogens (tertiary/aromatic N) is 1. The van der Waals surface area contributed by atoms with Gasteiger partial charge in [-0.25, -0.2) is 4.79 Å². The zero-order valence-corrected chi connectivity index (χ0v) is 14.7. The minimum Gasteiger partial charge on any atom is -0.488 e. The van der Waals surface area contributed by atoms with Crippen LogP contribution in [0, 0.1) is 11.3 Å². The first-order valence-electron chi connectivity index (χ1n) is 7.49. The van der Waals surface area contributed by atoms with Gasteiger partial charge in [-0.3, -0.25) is 0 Å². The number of esters is 1.